The first-order valence-electron chi connectivity index (χ1n) is 2.52. The van der Waals surface area contributed by atoms with Crippen molar-refractivity contribution in [2.75, 3.05) is 0 Å². The molecule has 0 unspecified atom stereocenters. The van der Waals surface area contributed by atoms with E-state index in [1.54, 1.807) is 9.97 Å². The highest BCUT2D eigenvalue weighted by Crippen LogP contribution is 2.09. The quantitative estimate of drug-likeness (QED) is 0.482. The minimum Gasteiger partial charge on any atom is -0.858 e. The lowest BCUT2D eigenvalue weighted by Crippen LogP contribution is -2.23. The van der Waals surface area contributed by atoms with Gasteiger partial charge in [-0.3, -0.25) is 9.78 Å². The van der Waals surface area contributed by atoms with Gasteiger partial charge >= 0.3 is 5.69 Å². The molecule has 0 fully saturated rings. The molecular weight excluding hydrogens is 154 g/mol. The third kappa shape index (κ3) is 1.16. The molecule has 0 aliphatic heterocycles. The number of H-pyrrole nitrogens is 2. The van der Waals surface area contributed by atoms with Crippen LogP contribution in [0.2, 0.25) is 0 Å². The lowest BCUT2D eigenvalue weighted by molar-refractivity contribution is -0.274. The molecule has 0 spiro atoms. The third-order valence-corrected chi connectivity index (χ3v) is 0.976. The summed E-state index contributed by atoms with van der Waals surface area (Å²) in [6, 6.07) is 0. The lowest BCUT2D eigenvalue weighted by atomic mass is 10.5. The molecule has 1 heterocycles. The molecule has 0 saturated carbocycles. The second-order valence-corrected chi connectivity index (χ2v) is 1.68. The van der Waals surface area contributed by atoms with Gasteiger partial charge in [0.2, 0.25) is 0 Å². The first-order chi connectivity index (χ1) is 5.15. The Morgan fingerprint density at radius 1 is 1.27 bits per heavy atom. The number of aromatic amines is 2. The van der Waals surface area contributed by atoms with Gasteiger partial charge < -0.3 is 10.1 Å². The van der Waals surface area contributed by atoms with Crippen LogP contribution >= 0.6 is 0 Å². The van der Waals surface area contributed by atoms with Gasteiger partial charge in [-0.05, 0) is 5.18 Å². The Kier molecular flexibility index (Phi) is 1.55. The van der Waals surface area contributed by atoms with E-state index in [0.717, 1.165) is 0 Å². The maximum Gasteiger partial charge on any atom is 0.325 e. The molecule has 11 heavy (non-hydrogen) atoms. The summed E-state index contributed by atoms with van der Waals surface area (Å²) in [7, 11) is 0. The average Bonchev–Trinajstić information content (AvgIpc) is 1.85. The fourth-order valence-electron chi connectivity index (χ4n) is 0.542. The number of hydrogen-bond acceptors (Lipinski definition) is 5. The normalized spacial score (nSPS) is 9.45. The molecule has 0 atom stereocenters. The second-order valence-electron chi connectivity index (χ2n) is 1.68. The van der Waals surface area contributed by atoms with Crippen LogP contribution in [-0.2, 0) is 0 Å². The van der Waals surface area contributed by atoms with Gasteiger partial charge in [0.05, 0.1) is 0 Å². The van der Waals surface area contributed by atoms with E-state index in [4.69, 9.17) is 0 Å². The van der Waals surface area contributed by atoms with Crippen molar-refractivity contribution in [3.05, 3.63) is 25.7 Å². The van der Waals surface area contributed by atoms with E-state index in [-0.39, 0.29) is 0 Å². The minimum absolute atomic E-state index is 0.843. The Balaban J connectivity index is 3.62. The molecule has 0 aromatic carbocycles. The van der Waals surface area contributed by atoms with E-state index in [1.807, 2.05) is 0 Å². The van der Waals surface area contributed by atoms with Gasteiger partial charge in [0.25, 0.3) is 5.56 Å². The van der Waals surface area contributed by atoms with Crippen molar-refractivity contribution in [2.45, 2.75) is 0 Å². The van der Waals surface area contributed by atoms with Crippen LogP contribution in [-0.4, -0.2) is 9.97 Å². The smallest absolute Gasteiger partial charge is 0.325 e. The molecule has 0 aliphatic rings. The van der Waals surface area contributed by atoms with Crippen LogP contribution in [0.3, 0.4) is 0 Å². The number of nitrogens with one attached hydrogen (secondary N) is 2. The van der Waals surface area contributed by atoms with Gasteiger partial charge in [-0.25, -0.2) is 4.79 Å². The van der Waals surface area contributed by atoms with Crippen molar-refractivity contribution in [1.82, 2.24) is 9.97 Å². The number of nitrogens with zero attached hydrogens (tertiary/aromatic N) is 1. The van der Waals surface area contributed by atoms with Crippen LogP contribution in [0.25, 0.3) is 0 Å². The van der Waals surface area contributed by atoms with Crippen LogP contribution < -0.4 is 16.4 Å². The maximum absolute atomic E-state index is 10.5. The summed E-state index contributed by atoms with van der Waals surface area (Å²) in [6.07, 6.45) is 0. The van der Waals surface area contributed by atoms with E-state index in [1.165, 1.54) is 0 Å². The fourth-order valence-corrected chi connectivity index (χ4v) is 0.542. The predicted molar refractivity (Wildman–Crippen MR) is 32.6 cm³/mol. The van der Waals surface area contributed by atoms with Gasteiger partial charge in [0, 0.05) is 5.88 Å². The van der Waals surface area contributed by atoms with Crippen molar-refractivity contribution < 1.29 is 5.11 Å². The molecule has 1 aromatic heterocycles. The van der Waals surface area contributed by atoms with Gasteiger partial charge in [0.1, 0.15) is 0 Å². The highest BCUT2D eigenvalue weighted by molar-refractivity contribution is 5.41. The second kappa shape index (κ2) is 2.37. The van der Waals surface area contributed by atoms with Gasteiger partial charge in [-0.15, -0.1) is 4.91 Å². The summed E-state index contributed by atoms with van der Waals surface area (Å²) in [6.45, 7) is 0. The number of hydrogen-bond donors (Lipinski definition) is 2. The van der Waals surface area contributed by atoms with Crippen molar-refractivity contribution in [3.63, 3.8) is 0 Å². The zero-order chi connectivity index (χ0) is 8.43. The molecule has 7 nitrogen and oxygen atoms in total. The topological polar surface area (TPSA) is 118 Å². The maximum atomic E-state index is 10.5. The molecule has 1 rings (SSSR count). The Bertz CT molecular complexity index is 389. The summed E-state index contributed by atoms with van der Waals surface area (Å²) in [4.78, 5) is 34.0. The largest absolute Gasteiger partial charge is 0.858 e. The Morgan fingerprint density at radius 3 is 2.36 bits per heavy atom. The van der Waals surface area contributed by atoms with Crippen LogP contribution in [0.4, 0.5) is 5.69 Å². The Morgan fingerprint density at radius 2 is 1.91 bits per heavy atom. The molecule has 7 heteroatoms. The SMILES string of the molecule is O=Nc1c([O-])[nH]c(=O)[nH]c1=O. The molecular formula is C4H2N3O4-. The number of nitroso groups, excluding NO2 is 1. The van der Waals surface area contributed by atoms with Gasteiger partial charge in [0.15, 0.2) is 5.69 Å². The van der Waals surface area contributed by atoms with Crippen molar-refractivity contribution >= 4 is 5.69 Å². The Labute approximate surface area is 58.7 Å². The standard InChI is InChI=1S/C4H3N3O4/c8-2-1(7-11)3(9)6-4(10)5-2/h(H3,5,6,8,9,10)/p-1. The number of aromatic nitrogens is 2. The Hall–Kier alpha value is -1.92. The number of rotatable bonds is 1. The summed E-state index contributed by atoms with van der Waals surface area (Å²) < 4.78 is 0. The summed E-state index contributed by atoms with van der Waals surface area (Å²) in [5, 5.41) is 12.7. The summed E-state index contributed by atoms with van der Waals surface area (Å²) >= 11 is 0. The van der Waals surface area contributed by atoms with Gasteiger partial charge in [-0.2, -0.15) is 0 Å². The summed E-state index contributed by atoms with van der Waals surface area (Å²) in [5.41, 5.74) is -2.87. The fraction of sp³-hybridized carbons (Fsp3) is 0. The molecule has 58 valence electrons. The summed E-state index contributed by atoms with van der Waals surface area (Å²) in [5.74, 6) is -1.08. The van der Waals surface area contributed by atoms with Crippen LogP contribution in [0.5, 0.6) is 5.88 Å². The molecule has 0 saturated heterocycles. The molecule has 0 radical (unpaired) electrons. The molecule has 0 aliphatic carbocycles. The highest BCUT2D eigenvalue weighted by atomic mass is 16.3. The highest BCUT2D eigenvalue weighted by Gasteiger charge is 2.00. The molecule has 0 bridgehead atoms. The van der Waals surface area contributed by atoms with Crippen LogP contribution in [0.15, 0.2) is 14.8 Å². The first-order valence-corrected chi connectivity index (χ1v) is 2.52. The third-order valence-electron chi connectivity index (χ3n) is 0.976. The van der Waals surface area contributed by atoms with E-state index in [0.29, 0.717) is 0 Å². The van der Waals surface area contributed by atoms with E-state index < -0.39 is 22.8 Å². The van der Waals surface area contributed by atoms with E-state index in [2.05, 4.69) is 5.18 Å². The van der Waals surface area contributed by atoms with Crippen LogP contribution in [0, 0.1) is 4.91 Å². The van der Waals surface area contributed by atoms with Crippen molar-refractivity contribution in [3.8, 4) is 5.88 Å². The van der Waals surface area contributed by atoms with E-state index >= 15 is 0 Å². The predicted octanol–water partition coefficient (Wildman–Crippen LogP) is -1.47. The first kappa shape index (κ1) is 7.19. The minimum atomic E-state index is -1.08. The zero-order valence-electron chi connectivity index (χ0n) is 5.08. The molecule has 0 amide bonds. The average molecular weight is 156 g/mol. The lowest BCUT2D eigenvalue weighted by Gasteiger charge is -2.02. The molecule has 1 aromatic rings. The van der Waals surface area contributed by atoms with E-state index in [9.17, 15) is 19.6 Å². The van der Waals surface area contributed by atoms with Crippen molar-refractivity contribution in [1.29, 1.82) is 0 Å². The van der Waals surface area contributed by atoms with Crippen molar-refractivity contribution in [2.24, 2.45) is 5.18 Å². The van der Waals surface area contributed by atoms with Gasteiger partial charge in [-0.1, -0.05) is 0 Å². The van der Waals surface area contributed by atoms with Crippen LogP contribution in [0.1, 0.15) is 0 Å². The zero-order valence-corrected chi connectivity index (χ0v) is 5.08. The molecule has 2 N–H and O–H groups in total. The monoisotopic (exact) mass is 156 g/mol.